The average molecular weight is 393 g/mol. The predicted molar refractivity (Wildman–Crippen MR) is 84.9 cm³/mol. The van der Waals surface area contributed by atoms with Crippen LogP contribution in [0, 0.1) is 5.82 Å². The van der Waals surface area contributed by atoms with E-state index in [1.807, 2.05) is 0 Å². The summed E-state index contributed by atoms with van der Waals surface area (Å²) in [6.45, 7) is 0. The van der Waals surface area contributed by atoms with Gasteiger partial charge >= 0.3 is 5.91 Å². The number of aromatic nitrogens is 2. The zero-order chi connectivity index (χ0) is 17.1. The first-order chi connectivity index (χ1) is 11.5. The number of benzene rings is 1. The van der Waals surface area contributed by atoms with Crippen molar-refractivity contribution >= 4 is 27.7 Å². The van der Waals surface area contributed by atoms with Crippen LogP contribution in [0.1, 0.15) is 21.0 Å². The lowest BCUT2D eigenvalue weighted by atomic mass is 10.3. The maximum atomic E-state index is 13.0. The van der Waals surface area contributed by atoms with Gasteiger partial charge in [-0.15, -0.1) is 0 Å². The monoisotopic (exact) mass is 392 g/mol. The van der Waals surface area contributed by atoms with Gasteiger partial charge < -0.3 is 4.42 Å². The normalized spacial score (nSPS) is 10.4. The highest BCUT2D eigenvalue weighted by Crippen LogP contribution is 2.14. The van der Waals surface area contributed by atoms with Crippen LogP contribution in [0.4, 0.5) is 4.39 Å². The Morgan fingerprint density at radius 1 is 1.08 bits per heavy atom. The summed E-state index contributed by atoms with van der Waals surface area (Å²) in [7, 11) is 0. The lowest BCUT2D eigenvalue weighted by Gasteiger charge is -2.09. The van der Waals surface area contributed by atoms with Crippen molar-refractivity contribution in [2.45, 2.75) is 0 Å². The number of amides is 2. The van der Waals surface area contributed by atoms with Crippen LogP contribution in [0.3, 0.4) is 0 Å². The Morgan fingerprint density at radius 3 is 2.46 bits per heavy atom. The molecule has 0 bridgehead atoms. The summed E-state index contributed by atoms with van der Waals surface area (Å²) >= 11 is 3.08. The molecule has 0 aliphatic rings. The molecular weight excluding hydrogens is 383 g/mol. The van der Waals surface area contributed by atoms with Gasteiger partial charge in [0.25, 0.3) is 5.91 Å². The minimum absolute atomic E-state index is 0.0363. The number of nitrogens with zero attached hydrogens (tertiary/aromatic N) is 2. The van der Waals surface area contributed by atoms with E-state index in [9.17, 15) is 14.0 Å². The number of furan rings is 1. The molecule has 0 aliphatic heterocycles. The fraction of sp³-hybridized carbons (Fsp3) is 0. The average Bonchev–Trinajstić information content (AvgIpc) is 3.22. The highest BCUT2D eigenvalue weighted by Gasteiger charge is 2.16. The molecule has 0 spiro atoms. The van der Waals surface area contributed by atoms with Gasteiger partial charge in [0.05, 0.1) is 12.5 Å². The Balaban J connectivity index is 1.71. The van der Waals surface area contributed by atoms with Gasteiger partial charge in [-0.2, -0.15) is 0 Å². The first-order valence-corrected chi connectivity index (χ1v) is 7.48. The van der Waals surface area contributed by atoms with E-state index >= 15 is 0 Å². The number of nitrogens with one attached hydrogen (secondary N) is 2. The molecule has 0 fully saturated rings. The fourth-order valence-corrected chi connectivity index (χ4v) is 2.25. The Bertz CT molecular complexity index is 888. The molecule has 0 atom stereocenters. The molecule has 2 aromatic heterocycles. The van der Waals surface area contributed by atoms with Crippen molar-refractivity contribution in [2.75, 3.05) is 0 Å². The number of imidazole rings is 1. The van der Waals surface area contributed by atoms with Crippen LogP contribution in [-0.2, 0) is 0 Å². The van der Waals surface area contributed by atoms with Crippen LogP contribution >= 0.6 is 15.9 Å². The maximum absolute atomic E-state index is 13.0. The quantitative estimate of drug-likeness (QED) is 0.669. The molecule has 0 saturated heterocycles. The number of hydrogen-bond donors (Lipinski definition) is 2. The van der Waals surface area contributed by atoms with E-state index in [0.29, 0.717) is 10.4 Å². The van der Waals surface area contributed by atoms with Crippen molar-refractivity contribution in [1.82, 2.24) is 20.4 Å². The Hall–Kier alpha value is -2.94. The third kappa shape index (κ3) is 3.35. The number of carbonyl (C=O) groups is 2. The highest BCUT2D eigenvalue weighted by atomic mass is 79.9. The Kier molecular flexibility index (Phi) is 4.43. The number of carbonyl (C=O) groups excluding carboxylic acids is 2. The molecule has 7 nitrogen and oxygen atoms in total. The molecule has 2 N–H and O–H groups in total. The molecule has 2 amide bonds. The van der Waals surface area contributed by atoms with Gasteiger partial charge in [-0.05, 0) is 52.3 Å². The largest absolute Gasteiger partial charge is 0.444 e. The summed E-state index contributed by atoms with van der Waals surface area (Å²) in [5, 5.41) is 0. The van der Waals surface area contributed by atoms with E-state index in [-0.39, 0.29) is 17.3 Å². The topological polar surface area (TPSA) is 89.2 Å². The van der Waals surface area contributed by atoms with Crippen molar-refractivity contribution in [1.29, 1.82) is 0 Å². The second kappa shape index (κ2) is 6.67. The summed E-state index contributed by atoms with van der Waals surface area (Å²) in [4.78, 5) is 27.9. The van der Waals surface area contributed by atoms with Gasteiger partial charge in [0.2, 0.25) is 0 Å². The highest BCUT2D eigenvalue weighted by molar-refractivity contribution is 9.10. The summed E-state index contributed by atoms with van der Waals surface area (Å²) in [5.41, 5.74) is 5.22. The zero-order valence-corrected chi connectivity index (χ0v) is 13.6. The van der Waals surface area contributed by atoms with Crippen molar-refractivity contribution in [3.8, 4) is 5.69 Å². The molecule has 1 aromatic carbocycles. The molecule has 0 radical (unpaired) electrons. The Labute approximate surface area is 143 Å². The predicted octanol–water partition coefficient (Wildman–Crippen LogP) is 2.44. The molecule has 3 rings (SSSR count). The summed E-state index contributed by atoms with van der Waals surface area (Å²) in [6.07, 6.45) is 2.74. The minimum atomic E-state index is -0.609. The van der Waals surface area contributed by atoms with Gasteiger partial charge in [0.15, 0.2) is 10.4 Å². The van der Waals surface area contributed by atoms with E-state index in [2.05, 4.69) is 31.8 Å². The molecule has 0 saturated carbocycles. The van der Waals surface area contributed by atoms with Gasteiger partial charge in [0.1, 0.15) is 11.5 Å². The van der Waals surface area contributed by atoms with Crippen molar-refractivity contribution in [3.63, 3.8) is 0 Å². The Morgan fingerprint density at radius 2 is 1.79 bits per heavy atom. The van der Waals surface area contributed by atoms with Crippen molar-refractivity contribution < 1.29 is 18.4 Å². The SMILES string of the molecule is O=C(NNC(=O)c1cncn1-c1ccc(F)cc1)c1ccc(Br)o1. The molecule has 9 heteroatoms. The fourth-order valence-electron chi connectivity index (χ4n) is 1.95. The molecular formula is C15H10BrFN4O3. The van der Waals surface area contributed by atoms with Crippen LogP contribution < -0.4 is 10.9 Å². The molecule has 3 aromatic rings. The van der Waals surface area contributed by atoms with E-state index in [1.165, 1.54) is 47.4 Å². The summed E-state index contributed by atoms with van der Waals surface area (Å²) in [5.74, 6) is -1.55. The molecule has 0 aliphatic carbocycles. The lowest BCUT2D eigenvalue weighted by molar-refractivity contribution is 0.0827. The van der Waals surface area contributed by atoms with Crippen LogP contribution in [0.2, 0.25) is 0 Å². The summed E-state index contributed by atoms with van der Waals surface area (Å²) < 4.78 is 19.9. The van der Waals surface area contributed by atoms with Crippen molar-refractivity contribution in [3.05, 3.63) is 70.9 Å². The van der Waals surface area contributed by atoms with Gasteiger partial charge in [-0.3, -0.25) is 25.0 Å². The smallest absolute Gasteiger partial charge is 0.305 e. The van der Waals surface area contributed by atoms with Crippen molar-refractivity contribution in [2.24, 2.45) is 0 Å². The standard InChI is InChI=1S/C15H10BrFN4O3/c16-13-6-5-12(24-13)15(23)20-19-14(22)11-7-18-8-21(11)10-3-1-9(17)2-4-10/h1-8H,(H,19,22)(H,20,23). The van der Waals surface area contributed by atoms with Crippen LogP contribution in [0.5, 0.6) is 0 Å². The number of rotatable bonds is 3. The number of hydrazine groups is 1. The van der Waals surface area contributed by atoms with E-state index in [1.54, 1.807) is 6.07 Å². The van der Waals surface area contributed by atoms with Gasteiger partial charge in [0, 0.05) is 5.69 Å². The lowest BCUT2D eigenvalue weighted by Crippen LogP contribution is -2.42. The van der Waals surface area contributed by atoms with E-state index in [4.69, 9.17) is 4.42 Å². The first-order valence-electron chi connectivity index (χ1n) is 6.69. The van der Waals surface area contributed by atoms with Crippen LogP contribution in [0.25, 0.3) is 5.69 Å². The second-order valence-electron chi connectivity index (χ2n) is 4.64. The third-order valence-corrected chi connectivity index (χ3v) is 3.49. The first kappa shape index (κ1) is 15.9. The van der Waals surface area contributed by atoms with Gasteiger partial charge in [-0.1, -0.05) is 0 Å². The maximum Gasteiger partial charge on any atom is 0.305 e. The zero-order valence-electron chi connectivity index (χ0n) is 12.0. The van der Waals surface area contributed by atoms with E-state index in [0.717, 1.165) is 0 Å². The third-order valence-electron chi connectivity index (χ3n) is 3.06. The van der Waals surface area contributed by atoms with Crippen LogP contribution in [0.15, 0.2) is 58.0 Å². The molecule has 24 heavy (non-hydrogen) atoms. The molecule has 122 valence electrons. The second-order valence-corrected chi connectivity index (χ2v) is 5.42. The van der Waals surface area contributed by atoms with Gasteiger partial charge in [-0.25, -0.2) is 9.37 Å². The number of hydrogen-bond acceptors (Lipinski definition) is 4. The molecule has 0 unspecified atom stereocenters. The summed E-state index contributed by atoms with van der Waals surface area (Å²) in [6, 6.07) is 8.56. The van der Waals surface area contributed by atoms with E-state index < -0.39 is 11.8 Å². The van der Waals surface area contributed by atoms with Crippen LogP contribution in [-0.4, -0.2) is 21.4 Å². The minimum Gasteiger partial charge on any atom is -0.444 e. The molecule has 2 heterocycles. The number of halogens is 2.